The highest BCUT2D eigenvalue weighted by atomic mass is 16.5. The standard InChI is InChI=1S/C38H44N2O6/c1-4-27-22-39-23-28(20-29(39)21-33(27)34(25-43-2)38(42)44-3)36-32-12-8-9-13-35(32)40(37(36)41)18-19-45-30-14-16-31(17-15-30)46-24-26-10-6-5-7-11-26/h5-17,25,27-29,33,36H,4,18-24H2,1-3H3/b34-25+/t27-,28?,29?,33-,36?/m0/s1. The van der Waals surface area contributed by atoms with Gasteiger partial charge in [0.25, 0.3) is 0 Å². The fraction of sp³-hybridized carbons (Fsp3) is 0.421. The molecule has 3 aromatic rings. The number of ether oxygens (including phenoxy) is 4. The lowest BCUT2D eigenvalue weighted by Crippen LogP contribution is -2.45. The van der Waals surface area contributed by atoms with Gasteiger partial charge >= 0.3 is 5.97 Å². The second-order valence-electron chi connectivity index (χ2n) is 12.5. The van der Waals surface area contributed by atoms with Crippen molar-refractivity contribution in [2.45, 2.75) is 44.8 Å². The van der Waals surface area contributed by atoms with Crippen LogP contribution < -0.4 is 14.4 Å². The van der Waals surface area contributed by atoms with Gasteiger partial charge in [-0.1, -0.05) is 61.9 Å². The van der Waals surface area contributed by atoms with E-state index < -0.39 is 0 Å². The van der Waals surface area contributed by atoms with Gasteiger partial charge in [0.1, 0.15) is 24.7 Å². The van der Waals surface area contributed by atoms with Gasteiger partial charge in [-0.25, -0.2) is 4.79 Å². The van der Waals surface area contributed by atoms with E-state index in [4.69, 9.17) is 18.9 Å². The van der Waals surface area contributed by atoms with Gasteiger partial charge < -0.3 is 23.8 Å². The summed E-state index contributed by atoms with van der Waals surface area (Å²) in [6.07, 6.45) is 4.29. The molecule has 0 bridgehead atoms. The Bertz CT molecular complexity index is 1520. The summed E-state index contributed by atoms with van der Waals surface area (Å²) >= 11 is 0. The molecule has 2 fully saturated rings. The molecule has 0 aliphatic carbocycles. The summed E-state index contributed by atoms with van der Waals surface area (Å²) in [6.45, 7) is 5.33. The van der Waals surface area contributed by atoms with Crippen molar-refractivity contribution in [3.05, 3.63) is 102 Å². The average molecular weight is 625 g/mol. The van der Waals surface area contributed by atoms with E-state index in [1.807, 2.05) is 71.6 Å². The average Bonchev–Trinajstić information content (AvgIpc) is 3.63. The highest BCUT2D eigenvalue weighted by Crippen LogP contribution is 2.48. The highest BCUT2D eigenvalue weighted by Gasteiger charge is 2.49. The number of para-hydroxylation sites is 1. The van der Waals surface area contributed by atoms with E-state index in [1.165, 1.54) is 7.11 Å². The summed E-state index contributed by atoms with van der Waals surface area (Å²) in [4.78, 5) is 31.2. The maximum atomic E-state index is 14.1. The van der Waals surface area contributed by atoms with Crippen LogP contribution in [0, 0.1) is 17.8 Å². The van der Waals surface area contributed by atoms with Crippen molar-refractivity contribution in [3.63, 3.8) is 0 Å². The lowest BCUT2D eigenvalue weighted by atomic mass is 9.76. The Morgan fingerprint density at radius 2 is 1.61 bits per heavy atom. The fourth-order valence-electron chi connectivity index (χ4n) is 7.70. The predicted molar refractivity (Wildman–Crippen MR) is 177 cm³/mol. The molecule has 3 unspecified atom stereocenters. The third-order valence-corrected chi connectivity index (χ3v) is 9.94. The minimum atomic E-state index is -0.321. The number of amides is 1. The number of rotatable bonds is 12. The molecule has 0 spiro atoms. The minimum Gasteiger partial charge on any atom is -0.504 e. The number of hydrogen-bond donors (Lipinski definition) is 0. The van der Waals surface area contributed by atoms with Crippen molar-refractivity contribution in [1.29, 1.82) is 0 Å². The van der Waals surface area contributed by atoms with E-state index in [1.54, 1.807) is 13.4 Å². The Labute approximate surface area is 271 Å². The molecule has 2 saturated heterocycles. The smallest absolute Gasteiger partial charge is 0.337 e. The highest BCUT2D eigenvalue weighted by molar-refractivity contribution is 6.05. The lowest BCUT2D eigenvalue weighted by Gasteiger charge is -2.41. The summed E-state index contributed by atoms with van der Waals surface area (Å²) in [6, 6.07) is 26.2. The van der Waals surface area contributed by atoms with E-state index in [2.05, 4.69) is 24.0 Å². The van der Waals surface area contributed by atoms with E-state index >= 15 is 0 Å². The van der Waals surface area contributed by atoms with Crippen molar-refractivity contribution >= 4 is 17.6 Å². The van der Waals surface area contributed by atoms with Crippen LogP contribution in [0.4, 0.5) is 5.69 Å². The maximum Gasteiger partial charge on any atom is 0.337 e. The number of esters is 1. The largest absolute Gasteiger partial charge is 0.504 e. The Morgan fingerprint density at radius 1 is 0.891 bits per heavy atom. The summed E-state index contributed by atoms with van der Waals surface area (Å²) in [5, 5.41) is 0. The number of carbonyl (C=O) groups is 2. The molecule has 6 rings (SSSR count). The number of nitrogens with zero attached hydrogens (tertiary/aromatic N) is 2. The first kappa shape index (κ1) is 31.7. The first-order valence-corrected chi connectivity index (χ1v) is 16.4. The molecule has 0 saturated carbocycles. The van der Waals surface area contributed by atoms with Crippen LogP contribution in [-0.4, -0.2) is 63.3 Å². The monoisotopic (exact) mass is 624 g/mol. The van der Waals surface area contributed by atoms with Crippen molar-refractivity contribution < 1.29 is 28.5 Å². The number of piperidine rings is 1. The predicted octanol–water partition coefficient (Wildman–Crippen LogP) is 6.21. The first-order chi connectivity index (χ1) is 22.5. The van der Waals surface area contributed by atoms with Crippen LogP contribution in [0.25, 0.3) is 0 Å². The quantitative estimate of drug-likeness (QED) is 0.135. The maximum absolute atomic E-state index is 14.1. The zero-order valence-electron chi connectivity index (χ0n) is 27.0. The van der Waals surface area contributed by atoms with Crippen molar-refractivity contribution in [3.8, 4) is 11.5 Å². The molecule has 242 valence electrons. The van der Waals surface area contributed by atoms with Crippen molar-refractivity contribution in [1.82, 2.24) is 4.90 Å². The van der Waals surface area contributed by atoms with Gasteiger partial charge in [0, 0.05) is 24.8 Å². The van der Waals surface area contributed by atoms with E-state index in [-0.39, 0.29) is 29.6 Å². The zero-order chi connectivity index (χ0) is 32.0. The van der Waals surface area contributed by atoms with Crippen LogP contribution in [0.3, 0.4) is 0 Å². The van der Waals surface area contributed by atoms with Crippen LogP contribution in [-0.2, 0) is 25.7 Å². The van der Waals surface area contributed by atoms with E-state index in [0.29, 0.717) is 37.3 Å². The van der Waals surface area contributed by atoms with Gasteiger partial charge in [0.05, 0.1) is 38.5 Å². The van der Waals surface area contributed by atoms with E-state index in [0.717, 1.165) is 60.7 Å². The van der Waals surface area contributed by atoms with Crippen LogP contribution in [0.2, 0.25) is 0 Å². The Kier molecular flexibility index (Phi) is 9.93. The third kappa shape index (κ3) is 6.63. The number of methoxy groups -OCH3 is 2. The second kappa shape index (κ2) is 14.4. The van der Waals surface area contributed by atoms with Crippen molar-refractivity contribution in [2.24, 2.45) is 17.8 Å². The van der Waals surface area contributed by atoms with Gasteiger partial charge in [-0.2, -0.15) is 0 Å². The molecule has 8 nitrogen and oxygen atoms in total. The van der Waals surface area contributed by atoms with Gasteiger partial charge in [0.2, 0.25) is 5.91 Å². The SMILES string of the molecule is CC[C@H]1CN2CC(C3C(=O)N(CCOc4ccc(OCc5ccccc5)cc4)c4ccccc43)CC2C[C@@H]1/C(=C\OC)C(=O)OC. The lowest BCUT2D eigenvalue weighted by molar-refractivity contribution is -0.137. The van der Waals surface area contributed by atoms with Crippen LogP contribution >= 0.6 is 0 Å². The van der Waals surface area contributed by atoms with Crippen molar-refractivity contribution in [2.75, 3.05) is 45.4 Å². The summed E-state index contributed by atoms with van der Waals surface area (Å²) in [5.41, 5.74) is 3.82. The Hall–Kier alpha value is -4.30. The molecule has 8 heteroatoms. The van der Waals surface area contributed by atoms with Gasteiger partial charge in [0.15, 0.2) is 0 Å². The van der Waals surface area contributed by atoms with Crippen LogP contribution in [0.1, 0.15) is 43.2 Å². The fourth-order valence-corrected chi connectivity index (χ4v) is 7.70. The van der Waals surface area contributed by atoms with Gasteiger partial charge in [-0.3, -0.25) is 9.69 Å². The number of benzene rings is 3. The molecule has 3 aliphatic heterocycles. The molecule has 5 atom stereocenters. The van der Waals surface area contributed by atoms with Crippen LogP contribution in [0.15, 0.2) is 90.7 Å². The molecular weight excluding hydrogens is 580 g/mol. The van der Waals surface area contributed by atoms with Gasteiger partial charge in [-0.05, 0) is 72.1 Å². The third-order valence-electron chi connectivity index (χ3n) is 9.94. The normalized spacial score (nSPS) is 24.3. The molecular formula is C38H44N2O6. The molecule has 0 aromatic heterocycles. The Balaban J connectivity index is 1.08. The Morgan fingerprint density at radius 3 is 2.33 bits per heavy atom. The molecule has 3 heterocycles. The number of hydrogen-bond acceptors (Lipinski definition) is 7. The first-order valence-electron chi connectivity index (χ1n) is 16.4. The minimum absolute atomic E-state index is 0.0714. The second-order valence-corrected chi connectivity index (χ2v) is 12.5. The molecule has 46 heavy (non-hydrogen) atoms. The van der Waals surface area contributed by atoms with Gasteiger partial charge in [-0.15, -0.1) is 0 Å². The molecule has 0 radical (unpaired) electrons. The topological polar surface area (TPSA) is 77.5 Å². The molecule has 3 aliphatic rings. The molecule has 3 aromatic carbocycles. The summed E-state index contributed by atoms with van der Waals surface area (Å²) < 4.78 is 22.4. The van der Waals surface area contributed by atoms with E-state index in [9.17, 15) is 9.59 Å². The van der Waals surface area contributed by atoms with Crippen LogP contribution in [0.5, 0.6) is 11.5 Å². The summed E-state index contributed by atoms with van der Waals surface area (Å²) in [7, 11) is 3.00. The number of anilines is 1. The number of fused-ring (bicyclic) bond motifs is 2. The molecule has 0 N–H and O–H groups in total. The molecule has 1 amide bonds. The zero-order valence-corrected chi connectivity index (χ0v) is 27.0. The number of carbonyl (C=O) groups excluding carboxylic acids is 2. The summed E-state index contributed by atoms with van der Waals surface area (Å²) in [5.74, 6) is 1.76.